The van der Waals surface area contributed by atoms with Gasteiger partial charge in [0.15, 0.2) is 0 Å². The molecule has 0 saturated carbocycles. The lowest BCUT2D eigenvalue weighted by atomic mass is 10.1. The van der Waals surface area contributed by atoms with Crippen LogP contribution in [-0.4, -0.2) is 16.1 Å². The third kappa shape index (κ3) is 3.68. The second kappa shape index (κ2) is 7.08. The Bertz CT molecular complexity index is 821. The average Bonchev–Trinajstić information content (AvgIpc) is 3.06. The molecule has 122 valence electrons. The Kier molecular flexibility index (Phi) is 4.70. The molecule has 0 aliphatic rings. The highest BCUT2D eigenvalue weighted by Crippen LogP contribution is 2.23. The number of esters is 1. The van der Waals surface area contributed by atoms with E-state index in [0.717, 1.165) is 16.7 Å². The molecule has 0 fully saturated rings. The highest BCUT2D eigenvalue weighted by atomic mass is 16.5. The Morgan fingerprint density at radius 2 is 1.75 bits per heavy atom. The first-order valence-corrected chi connectivity index (χ1v) is 7.78. The fourth-order valence-corrected chi connectivity index (χ4v) is 2.39. The minimum Gasteiger partial charge on any atom is -0.426 e. The van der Waals surface area contributed by atoms with Crippen molar-refractivity contribution in [1.29, 1.82) is 0 Å². The van der Waals surface area contributed by atoms with Gasteiger partial charge in [-0.05, 0) is 25.0 Å². The Hall–Kier alpha value is -2.95. The van der Waals surface area contributed by atoms with Crippen molar-refractivity contribution in [1.82, 2.24) is 10.1 Å². The van der Waals surface area contributed by atoms with Gasteiger partial charge < -0.3 is 9.26 Å². The van der Waals surface area contributed by atoms with Gasteiger partial charge in [-0.3, -0.25) is 4.79 Å². The van der Waals surface area contributed by atoms with Crippen LogP contribution in [-0.2, 0) is 11.2 Å². The van der Waals surface area contributed by atoms with E-state index in [1.54, 1.807) is 0 Å². The Morgan fingerprint density at radius 1 is 1.04 bits per heavy atom. The van der Waals surface area contributed by atoms with Gasteiger partial charge in [0.25, 0.3) is 0 Å². The third-order valence-electron chi connectivity index (χ3n) is 3.67. The predicted molar refractivity (Wildman–Crippen MR) is 89.6 cm³/mol. The molecule has 1 aromatic heterocycles. The molecule has 2 aromatic carbocycles. The summed E-state index contributed by atoms with van der Waals surface area (Å²) in [5.41, 5.74) is 2.76. The number of benzene rings is 2. The molecule has 0 radical (unpaired) electrons. The van der Waals surface area contributed by atoms with E-state index >= 15 is 0 Å². The third-order valence-corrected chi connectivity index (χ3v) is 3.67. The van der Waals surface area contributed by atoms with Crippen molar-refractivity contribution in [3.05, 3.63) is 65.5 Å². The molecular weight excluding hydrogens is 304 g/mol. The monoisotopic (exact) mass is 322 g/mol. The van der Waals surface area contributed by atoms with E-state index in [1.807, 2.05) is 62.4 Å². The summed E-state index contributed by atoms with van der Waals surface area (Å²) in [6, 6.07) is 15.3. The van der Waals surface area contributed by atoms with E-state index in [1.165, 1.54) is 0 Å². The van der Waals surface area contributed by atoms with Gasteiger partial charge >= 0.3 is 5.97 Å². The first kappa shape index (κ1) is 15.9. The Labute approximate surface area is 140 Å². The van der Waals surface area contributed by atoms with Crippen LogP contribution in [0.1, 0.15) is 23.4 Å². The fourth-order valence-electron chi connectivity index (χ4n) is 2.39. The molecule has 0 aliphatic heterocycles. The molecular formula is C19H18N2O3. The maximum atomic E-state index is 12.1. The van der Waals surface area contributed by atoms with Gasteiger partial charge in [0.05, 0.1) is 6.42 Å². The van der Waals surface area contributed by atoms with Crippen molar-refractivity contribution in [3.8, 4) is 17.1 Å². The van der Waals surface area contributed by atoms with Gasteiger partial charge in [-0.15, -0.1) is 0 Å². The molecule has 0 bridgehead atoms. The summed E-state index contributed by atoms with van der Waals surface area (Å²) in [5.74, 6) is 1.26. The average molecular weight is 322 g/mol. The zero-order chi connectivity index (χ0) is 16.9. The fraction of sp³-hybridized carbons (Fsp3) is 0.211. The number of ether oxygens (including phenoxy) is 1. The Morgan fingerprint density at radius 3 is 2.46 bits per heavy atom. The van der Waals surface area contributed by atoms with Crippen molar-refractivity contribution in [2.24, 2.45) is 0 Å². The molecule has 0 spiro atoms. The summed E-state index contributed by atoms with van der Waals surface area (Å²) < 4.78 is 10.7. The molecule has 0 atom stereocenters. The van der Waals surface area contributed by atoms with Crippen LogP contribution >= 0.6 is 0 Å². The number of nitrogens with zero attached hydrogens (tertiary/aromatic N) is 2. The number of hydrogen-bond acceptors (Lipinski definition) is 5. The van der Waals surface area contributed by atoms with Gasteiger partial charge in [-0.25, -0.2) is 0 Å². The molecule has 1 heterocycles. The Balaban J connectivity index is 1.60. The second-order valence-electron chi connectivity index (χ2n) is 5.57. The summed E-state index contributed by atoms with van der Waals surface area (Å²) in [6.07, 6.45) is 0.536. The minimum atomic E-state index is -0.313. The van der Waals surface area contributed by atoms with Crippen molar-refractivity contribution in [2.45, 2.75) is 26.7 Å². The lowest BCUT2D eigenvalue weighted by molar-refractivity contribution is -0.134. The van der Waals surface area contributed by atoms with Crippen LogP contribution in [0, 0.1) is 13.8 Å². The number of aromatic nitrogens is 2. The zero-order valence-corrected chi connectivity index (χ0v) is 13.7. The van der Waals surface area contributed by atoms with E-state index in [0.29, 0.717) is 23.9 Å². The van der Waals surface area contributed by atoms with Crippen LogP contribution in [0.2, 0.25) is 0 Å². The topological polar surface area (TPSA) is 65.2 Å². The van der Waals surface area contributed by atoms with Crippen molar-refractivity contribution >= 4 is 5.97 Å². The van der Waals surface area contributed by atoms with Crippen LogP contribution in [0.25, 0.3) is 11.4 Å². The summed E-state index contributed by atoms with van der Waals surface area (Å²) >= 11 is 0. The van der Waals surface area contributed by atoms with Crippen LogP contribution in [0.15, 0.2) is 53.1 Å². The van der Waals surface area contributed by atoms with Crippen LogP contribution in [0.3, 0.4) is 0 Å². The number of aryl methyl sites for hydroxylation is 3. The second-order valence-corrected chi connectivity index (χ2v) is 5.57. The number of para-hydroxylation sites is 1. The van der Waals surface area contributed by atoms with Crippen molar-refractivity contribution in [3.63, 3.8) is 0 Å². The molecule has 0 unspecified atom stereocenters. The van der Waals surface area contributed by atoms with Crippen LogP contribution in [0.4, 0.5) is 0 Å². The molecule has 0 saturated heterocycles. The molecule has 3 rings (SSSR count). The standard InChI is InChI=1S/C19H18N2O3/c1-13-7-6-8-14(2)18(13)23-17(22)12-11-16-20-19(21-24-16)15-9-4-3-5-10-15/h3-10H,11-12H2,1-2H3. The first-order valence-electron chi connectivity index (χ1n) is 7.78. The summed E-state index contributed by atoms with van der Waals surface area (Å²) in [7, 11) is 0. The van der Waals surface area contributed by atoms with E-state index in [-0.39, 0.29) is 12.4 Å². The van der Waals surface area contributed by atoms with Gasteiger partial charge in [0.2, 0.25) is 11.7 Å². The largest absolute Gasteiger partial charge is 0.426 e. The van der Waals surface area contributed by atoms with Crippen molar-refractivity contribution < 1.29 is 14.1 Å². The number of carbonyl (C=O) groups excluding carboxylic acids is 1. The van der Waals surface area contributed by atoms with Gasteiger partial charge in [-0.2, -0.15) is 4.98 Å². The lowest BCUT2D eigenvalue weighted by Crippen LogP contribution is -2.10. The summed E-state index contributed by atoms with van der Waals surface area (Å²) in [4.78, 5) is 16.4. The van der Waals surface area contributed by atoms with Gasteiger partial charge in [0.1, 0.15) is 5.75 Å². The van der Waals surface area contributed by atoms with E-state index in [9.17, 15) is 4.79 Å². The molecule has 5 heteroatoms. The number of carbonyl (C=O) groups is 1. The minimum absolute atomic E-state index is 0.185. The van der Waals surface area contributed by atoms with E-state index in [4.69, 9.17) is 9.26 Å². The van der Waals surface area contributed by atoms with E-state index < -0.39 is 0 Å². The molecule has 0 N–H and O–H groups in total. The highest BCUT2D eigenvalue weighted by molar-refractivity contribution is 5.73. The van der Waals surface area contributed by atoms with Gasteiger partial charge in [-0.1, -0.05) is 53.7 Å². The maximum absolute atomic E-state index is 12.1. The molecule has 0 aliphatic carbocycles. The maximum Gasteiger partial charge on any atom is 0.311 e. The number of hydrogen-bond donors (Lipinski definition) is 0. The van der Waals surface area contributed by atoms with Crippen molar-refractivity contribution in [2.75, 3.05) is 0 Å². The van der Waals surface area contributed by atoms with E-state index in [2.05, 4.69) is 10.1 Å². The molecule has 0 amide bonds. The normalized spacial score (nSPS) is 10.6. The van der Waals surface area contributed by atoms with Gasteiger partial charge in [0, 0.05) is 12.0 Å². The SMILES string of the molecule is Cc1cccc(C)c1OC(=O)CCc1nc(-c2ccccc2)no1. The smallest absolute Gasteiger partial charge is 0.311 e. The molecule has 5 nitrogen and oxygen atoms in total. The molecule has 24 heavy (non-hydrogen) atoms. The van der Waals surface area contributed by atoms with Crippen LogP contribution in [0.5, 0.6) is 5.75 Å². The number of rotatable bonds is 5. The van der Waals surface area contributed by atoms with Crippen LogP contribution < -0.4 is 4.74 Å². The molecule has 3 aromatic rings. The zero-order valence-electron chi connectivity index (χ0n) is 13.7. The first-order chi connectivity index (χ1) is 11.6. The highest BCUT2D eigenvalue weighted by Gasteiger charge is 2.13. The summed E-state index contributed by atoms with van der Waals surface area (Å²) in [6.45, 7) is 3.83. The summed E-state index contributed by atoms with van der Waals surface area (Å²) in [5, 5.41) is 3.94. The lowest BCUT2D eigenvalue weighted by Gasteiger charge is -2.09. The quantitative estimate of drug-likeness (QED) is 0.526. The predicted octanol–water partition coefficient (Wildman–Crippen LogP) is 3.89.